The molecule has 0 bridgehead atoms. The first kappa shape index (κ1) is 10.2. The van der Waals surface area contributed by atoms with E-state index < -0.39 is 0 Å². The Balaban J connectivity index is 2.65. The molecule has 0 aliphatic carbocycles. The lowest BCUT2D eigenvalue weighted by Crippen LogP contribution is -2.36. The van der Waals surface area contributed by atoms with E-state index >= 15 is 0 Å². The molecule has 0 aromatic heterocycles. The number of benzene rings is 1. The predicted molar refractivity (Wildman–Crippen MR) is 60.9 cm³/mol. The summed E-state index contributed by atoms with van der Waals surface area (Å²) in [6.07, 6.45) is 0.410. The van der Waals surface area contributed by atoms with Crippen LogP contribution in [0.25, 0.3) is 0 Å². The van der Waals surface area contributed by atoms with Gasteiger partial charge >= 0.3 is 0 Å². The van der Waals surface area contributed by atoms with Crippen molar-refractivity contribution >= 4 is 11.6 Å². The Morgan fingerprint density at radius 3 is 2.73 bits per heavy atom. The Labute approximate surface area is 89.9 Å². The molecule has 1 aromatic carbocycles. The van der Waals surface area contributed by atoms with E-state index in [9.17, 15) is 4.79 Å². The summed E-state index contributed by atoms with van der Waals surface area (Å²) >= 11 is 0. The van der Waals surface area contributed by atoms with Crippen molar-refractivity contribution in [1.82, 2.24) is 0 Å². The number of hydrogen-bond donors (Lipinski definition) is 1. The van der Waals surface area contributed by atoms with E-state index in [0.29, 0.717) is 6.42 Å². The molecule has 80 valence electrons. The van der Waals surface area contributed by atoms with Gasteiger partial charge in [0.25, 0.3) is 0 Å². The first-order valence-electron chi connectivity index (χ1n) is 5.14. The van der Waals surface area contributed by atoms with E-state index in [4.69, 9.17) is 5.73 Å². The quantitative estimate of drug-likeness (QED) is 0.698. The third-order valence-corrected chi connectivity index (χ3v) is 3.01. The molecule has 1 unspecified atom stereocenters. The Hall–Kier alpha value is -1.35. The van der Waals surface area contributed by atoms with Crippen LogP contribution in [0.1, 0.15) is 29.2 Å². The van der Waals surface area contributed by atoms with E-state index in [-0.39, 0.29) is 11.9 Å². The lowest BCUT2D eigenvalue weighted by atomic mass is 9.91. The molecular weight excluding hydrogens is 188 g/mol. The maximum absolute atomic E-state index is 11.6. The van der Waals surface area contributed by atoms with Crippen LogP contribution < -0.4 is 10.6 Å². The van der Waals surface area contributed by atoms with Gasteiger partial charge in [-0.15, -0.1) is 0 Å². The zero-order chi connectivity index (χ0) is 11.2. The highest BCUT2D eigenvalue weighted by molar-refractivity contribution is 5.97. The van der Waals surface area contributed by atoms with Crippen LogP contribution in [0.2, 0.25) is 0 Å². The number of nitrogens with two attached hydrogens (primary N) is 1. The first-order valence-corrected chi connectivity index (χ1v) is 5.14. The minimum absolute atomic E-state index is 0.0972. The van der Waals surface area contributed by atoms with Gasteiger partial charge < -0.3 is 10.6 Å². The van der Waals surface area contributed by atoms with Crippen molar-refractivity contribution in [3.8, 4) is 0 Å². The summed E-state index contributed by atoms with van der Waals surface area (Å²) < 4.78 is 0. The number of carbonyl (C=O) groups is 1. The van der Waals surface area contributed by atoms with E-state index in [0.717, 1.165) is 11.3 Å². The van der Waals surface area contributed by atoms with Crippen LogP contribution in [0.5, 0.6) is 0 Å². The minimum atomic E-state index is -0.149. The summed E-state index contributed by atoms with van der Waals surface area (Å²) in [6.45, 7) is 4.08. The van der Waals surface area contributed by atoms with Gasteiger partial charge in [0, 0.05) is 25.2 Å². The number of hydrogen-bond acceptors (Lipinski definition) is 2. The number of aryl methyl sites for hydroxylation is 2. The molecule has 0 fully saturated rings. The van der Waals surface area contributed by atoms with Gasteiger partial charge in [0.2, 0.25) is 5.91 Å². The van der Waals surface area contributed by atoms with Gasteiger partial charge in [0.15, 0.2) is 0 Å². The highest BCUT2D eigenvalue weighted by atomic mass is 16.2. The molecule has 0 radical (unpaired) electrons. The molecule has 2 N–H and O–H groups in total. The van der Waals surface area contributed by atoms with Gasteiger partial charge in [-0.3, -0.25) is 4.79 Å². The molecule has 0 saturated carbocycles. The summed E-state index contributed by atoms with van der Waals surface area (Å²) in [5.74, 6) is 0.0972. The molecule has 1 aliphatic rings. The van der Waals surface area contributed by atoms with E-state index in [1.807, 2.05) is 20.0 Å². The highest BCUT2D eigenvalue weighted by Gasteiger charge is 2.28. The van der Waals surface area contributed by atoms with Crippen molar-refractivity contribution in [3.63, 3.8) is 0 Å². The molecule has 1 heterocycles. The molecule has 1 amide bonds. The second-order valence-corrected chi connectivity index (χ2v) is 4.28. The Bertz CT molecular complexity index is 426. The van der Waals surface area contributed by atoms with E-state index in [2.05, 4.69) is 13.0 Å². The summed E-state index contributed by atoms with van der Waals surface area (Å²) in [7, 11) is 1.81. The third-order valence-electron chi connectivity index (χ3n) is 3.01. The van der Waals surface area contributed by atoms with Crippen LogP contribution in [0.3, 0.4) is 0 Å². The fourth-order valence-corrected chi connectivity index (χ4v) is 2.28. The predicted octanol–water partition coefficient (Wildman–Crippen LogP) is 1.67. The average Bonchev–Trinajstić information content (AvgIpc) is 2.12. The second-order valence-electron chi connectivity index (χ2n) is 4.28. The molecule has 0 saturated heterocycles. The first-order chi connectivity index (χ1) is 7.00. The average molecular weight is 204 g/mol. The molecule has 3 heteroatoms. The number of carbonyl (C=O) groups excluding carboxylic acids is 1. The van der Waals surface area contributed by atoms with Crippen LogP contribution in [-0.2, 0) is 4.79 Å². The number of anilines is 1. The number of amides is 1. The van der Waals surface area contributed by atoms with Crippen LogP contribution in [0.4, 0.5) is 5.69 Å². The molecule has 3 nitrogen and oxygen atoms in total. The zero-order valence-corrected chi connectivity index (χ0v) is 9.37. The summed E-state index contributed by atoms with van der Waals surface area (Å²) in [5.41, 5.74) is 10.4. The number of nitrogens with zero attached hydrogens (tertiary/aromatic N) is 1. The van der Waals surface area contributed by atoms with Gasteiger partial charge in [-0.05, 0) is 36.6 Å². The Morgan fingerprint density at radius 2 is 2.07 bits per heavy atom. The Kier molecular flexibility index (Phi) is 2.27. The molecule has 0 spiro atoms. The van der Waals surface area contributed by atoms with Crippen molar-refractivity contribution < 1.29 is 4.79 Å². The van der Waals surface area contributed by atoms with Crippen LogP contribution >= 0.6 is 0 Å². The lowest BCUT2D eigenvalue weighted by Gasteiger charge is -2.31. The third kappa shape index (κ3) is 1.53. The summed E-state index contributed by atoms with van der Waals surface area (Å²) in [5, 5.41) is 0. The molecule has 15 heavy (non-hydrogen) atoms. The standard InChI is InChI=1S/C12H16N2O/c1-7-4-8(2)12-9(13)6-11(15)14(3)10(12)5-7/h4-5,9H,6,13H2,1-3H3. The lowest BCUT2D eigenvalue weighted by molar-refractivity contribution is -0.119. The minimum Gasteiger partial charge on any atom is -0.323 e. The van der Waals surface area contributed by atoms with E-state index in [1.54, 1.807) is 4.90 Å². The van der Waals surface area contributed by atoms with Gasteiger partial charge in [-0.2, -0.15) is 0 Å². The zero-order valence-electron chi connectivity index (χ0n) is 9.37. The summed E-state index contributed by atoms with van der Waals surface area (Å²) in [4.78, 5) is 13.3. The van der Waals surface area contributed by atoms with Crippen LogP contribution in [0, 0.1) is 13.8 Å². The number of rotatable bonds is 0. The monoisotopic (exact) mass is 204 g/mol. The maximum atomic E-state index is 11.6. The molecule has 1 aliphatic heterocycles. The maximum Gasteiger partial charge on any atom is 0.228 e. The van der Waals surface area contributed by atoms with Gasteiger partial charge in [-0.1, -0.05) is 6.07 Å². The van der Waals surface area contributed by atoms with Crippen molar-refractivity contribution in [2.75, 3.05) is 11.9 Å². The van der Waals surface area contributed by atoms with Crippen molar-refractivity contribution in [1.29, 1.82) is 0 Å². The summed E-state index contributed by atoms with van der Waals surface area (Å²) in [6, 6.07) is 3.99. The van der Waals surface area contributed by atoms with Crippen molar-refractivity contribution in [2.24, 2.45) is 5.73 Å². The van der Waals surface area contributed by atoms with E-state index in [1.165, 1.54) is 11.1 Å². The molecule has 1 atom stereocenters. The smallest absolute Gasteiger partial charge is 0.228 e. The van der Waals surface area contributed by atoms with Crippen LogP contribution in [-0.4, -0.2) is 13.0 Å². The Morgan fingerprint density at radius 1 is 1.40 bits per heavy atom. The molecule has 1 aromatic rings. The van der Waals surface area contributed by atoms with Gasteiger partial charge in [-0.25, -0.2) is 0 Å². The van der Waals surface area contributed by atoms with Crippen molar-refractivity contribution in [2.45, 2.75) is 26.3 Å². The van der Waals surface area contributed by atoms with Crippen molar-refractivity contribution in [3.05, 3.63) is 28.8 Å². The molecule has 2 rings (SSSR count). The topological polar surface area (TPSA) is 46.3 Å². The fourth-order valence-electron chi connectivity index (χ4n) is 2.28. The number of fused-ring (bicyclic) bond motifs is 1. The highest BCUT2D eigenvalue weighted by Crippen LogP contribution is 2.35. The second kappa shape index (κ2) is 3.35. The fraction of sp³-hybridized carbons (Fsp3) is 0.417. The SMILES string of the molecule is Cc1cc(C)c2c(c1)N(C)C(=O)CC2N. The largest absolute Gasteiger partial charge is 0.323 e. The van der Waals surface area contributed by atoms with Gasteiger partial charge in [0.1, 0.15) is 0 Å². The van der Waals surface area contributed by atoms with Gasteiger partial charge in [0.05, 0.1) is 0 Å². The normalized spacial score (nSPS) is 20.4. The van der Waals surface area contributed by atoms with Crippen LogP contribution in [0.15, 0.2) is 12.1 Å². The molecular formula is C12H16N2O.